The van der Waals surface area contributed by atoms with Gasteiger partial charge in [0.1, 0.15) is 13.1 Å². The van der Waals surface area contributed by atoms with E-state index in [2.05, 4.69) is 21.2 Å². The highest BCUT2D eigenvalue weighted by Gasteiger charge is 2.13. The number of carbonyl (C=O) groups is 1. The standard InChI is InChI=1S/C13H17BrN2O2/c14-12-3-1-2-11(10-12)13(17)15-4-5-16-6-8-18-9-7-16/h1-3,10H,4-9H2,(H,15,17)/p+1. The molecule has 1 amide bonds. The van der Waals surface area contributed by atoms with Crippen molar-refractivity contribution in [2.75, 3.05) is 39.4 Å². The van der Waals surface area contributed by atoms with Crippen LogP contribution in [-0.4, -0.2) is 45.3 Å². The third kappa shape index (κ3) is 4.08. The molecule has 0 saturated carbocycles. The number of carbonyl (C=O) groups excluding carboxylic acids is 1. The molecule has 2 rings (SSSR count). The minimum Gasteiger partial charge on any atom is -0.370 e. The van der Waals surface area contributed by atoms with Crippen molar-refractivity contribution >= 4 is 21.8 Å². The summed E-state index contributed by atoms with van der Waals surface area (Å²) < 4.78 is 6.22. The van der Waals surface area contributed by atoms with Crippen LogP contribution in [0.15, 0.2) is 28.7 Å². The van der Waals surface area contributed by atoms with Gasteiger partial charge in [0, 0.05) is 10.0 Å². The van der Waals surface area contributed by atoms with Crippen molar-refractivity contribution in [2.24, 2.45) is 0 Å². The molecule has 1 saturated heterocycles. The third-order valence-electron chi connectivity index (χ3n) is 3.05. The largest absolute Gasteiger partial charge is 0.370 e. The number of hydrogen-bond acceptors (Lipinski definition) is 2. The molecule has 18 heavy (non-hydrogen) atoms. The summed E-state index contributed by atoms with van der Waals surface area (Å²) >= 11 is 3.36. The Morgan fingerprint density at radius 3 is 2.89 bits per heavy atom. The second-order valence-electron chi connectivity index (χ2n) is 4.38. The fourth-order valence-corrected chi connectivity index (χ4v) is 2.39. The zero-order chi connectivity index (χ0) is 12.8. The molecule has 5 heteroatoms. The van der Waals surface area contributed by atoms with Crippen LogP contribution < -0.4 is 10.2 Å². The van der Waals surface area contributed by atoms with Crippen LogP contribution in [0.2, 0.25) is 0 Å². The summed E-state index contributed by atoms with van der Waals surface area (Å²) in [6.07, 6.45) is 0. The van der Waals surface area contributed by atoms with Crippen molar-refractivity contribution in [1.82, 2.24) is 5.32 Å². The molecule has 0 bridgehead atoms. The highest BCUT2D eigenvalue weighted by Crippen LogP contribution is 2.11. The fraction of sp³-hybridized carbons (Fsp3) is 0.462. The number of halogens is 1. The molecule has 4 nitrogen and oxygen atoms in total. The Balaban J connectivity index is 1.74. The Kier molecular flexibility index (Phi) is 5.16. The van der Waals surface area contributed by atoms with Crippen LogP contribution >= 0.6 is 15.9 Å². The SMILES string of the molecule is O=C(NCC[NH+]1CCOCC1)c1cccc(Br)c1. The first kappa shape index (κ1) is 13.5. The second kappa shape index (κ2) is 6.87. The van der Waals surface area contributed by atoms with E-state index in [0.717, 1.165) is 37.3 Å². The van der Waals surface area contributed by atoms with Gasteiger partial charge in [-0.05, 0) is 18.2 Å². The van der Waals surface area contributed by atoms with Gasteiger partial charge in [0.15, 0.2) is 0 Å². The molecule has 1 heterocycles. The molecule has 1 aliphatic rings. The Hall–Kier alpha value is -0.910. The summed E-state index contributed by atoms with van der Waals surface area (Å²) in [5.74, 6) is -0.0102. The van der Waals surface area contributed by atoms with Crippen LogP contribution in [0.4, 0.5) is 0 Å². The normalized spacial score (nSPS) is 16.5. The van der Waals surface area contributed by atoms with E-state index in [1.165, 1.54) is 4.90 Å². The van der Waals surface area contributed by atoms with Crippen molar-refractivity contribution < 1.29 is 14.4 Å². The summed E-state index contributed by atoms with van der Waals surface area (Å²) in [5.41, 5.74) is 0.696. The Labute approximate surface area is 115 Å². The molecular weight excluding hydrogens is 296 g/mol. The lowest BCUT2D eigenvalue weighted by atomic mass is 10.2. The number of amides is 1. The zero-order valence-electron chi connectivity index (χ0n) is 10.2. The average Bonchev–Trinajstić information content (AvgIpc) is 2.40. The molecule has 0 aromatic heterocycles. The summed E-state index contributed by atoms with van der Waals surface area (Å²) in [5, 5.41) is 2.95. The lowest BCUT2D eigenvalue weighted by Crippen LogP contribution is -3.14. The lowest BCUT2D eigenvalue weighted by Gasteiger charge is -2.23. The van der Waals surface area contributed by atoms with Crippen LogP contribution in [-0.2, 0) is 4.74 Å². The van der Waals surface area contributed by atoms with E-state index >= 15 is 0 Å². The molecule has 2 N–H and O–H groups in total. The minimum absolute atomic E-state index is 0.0102. The van der Waals surface area contributed by atoms with E-state index < -0.39 is 0 Å². The van der Waals surface area contributed by atoms with Crippen LogP contribution in [0, 0.1) is 0 Å². The van der Waals surface area contributed by atoms with Crippen molar-refractivity contribution in [3.05, 3.63) is 34.3 Å². The topological polar surface area (TPSA) is 42.8 Å². The predicted octanol–water partition coefficient (Wildman–Crippen LogP) is 0.0940. The first-order valence-electron chi connectivity index (χ1n) is 6.21. The summed E-state index contributed by atoms with van der Waals surface area (Å²) in [7, 11) is 0. The molecule has 1 aliphatic heterocycles. The molecule has 0 radical (unpaired) electrons. The van der Waals surface area contributed by atoms with Gasteiger partial charge >= 0.3 is 0 Å². The maximum atomic E-state index is 11.9. The molecule has 0 spiro atoms. The van der Waals surface area contributed by atoms with Crippen LogP contribution in [0.5, 0.6) is 0 Å². The monoisotopic (exact) mass is 313 g/mol. The number of nitrogens with one attached hydrogen (secondary N) is 2. The molecule has 98 valence electrons. The molecule has 1 fully saturated rings. The zero-order valence-corrected chi connectivity index (χ0v) is 11.8. The van der Waals surface area contributed by atoms with Crippen molar-refractivity contribution in [3.63, 3.8) is 0 Å². The number of ether oxygens (including phenoxy) is 1. The lowest BCUT2D eigenvalue weighted by molar-refractivity contribution is -0.906. The molecular formula is C13H18BrN2O2+. The number of benzene rings is 1. The van der Waals surface area contributed by atoms with Gasteiger partial charge in [-0.15, -0.1) is 0 Å². The van der Waals surface area contributed by atoms with Gasteiger partial charge in [0.2, 0.25) is 0 Å². The fourth-order valence-electron chi connectivity index (χ4n) is 1.99. The molecule has 1 aromatic rings. The highest BCUT2D eigenvalue weighted by atomic mass is 79.9. The van der Waals surface area contributed by atoms with Crippen LogP contribution in [0.25, 0.3) is 0 Å². The summed E-state index contributed by atoms with van der Waals surface area (Å²) in [6, 6.07) is 7.43. The van der Waals surface area contributed by atoms with Gasteiger partial charge < -0.3 is 15.0 Å². The van der Waals surface area contributed by atoms with Crippen LogP contribution in [0.3, 0.4) is 0 Å². The molecule has 1 aromatic carbocycles. The summed E-state index contributed by atoms with van der Waals surface area (Å²) in [4.78, 5) is 13.4. The first-order valence-corrected chi connectivity index (χ1v) is 7.00. The van der Waals surface area contributed by atoms with Gasteiger partial charge in [-0.2, -0.15) is 0 Å². The van der Waals surface area contributed by atoms with Crippen molar-refractivity contribution in [2.45, 2.75) is 0 Å². The highest BCUT2D eigenvalue weighted by molar-refractivity contribution is 9.10. The van der Waals surface area contributed by atoms with E-state index in [9.17, 15) is 4.79 Å². The number of hydrogen-bond donors (Lipinski definition) is 2. The van der Waals surface area contributed by atoms with Gasteiger partial charge in [-0.3, -0.25) is 4.79 Å². The smallest absolute Gasteiger partial charge is 0.251 e. The van der Waals surface area contributed by atoms with E-state index in [-0.39, 0.29) is 5.91 Å². The summed E-state index contributed by atoms with van der Waals surface area (Å²) in [6.45, 7) is 5.40. The van der Waals surface area contributed by atoms with Crippen molar-refractivity contribution in [1.29, 1.82) is 0 Å². The van der Waals surface area contributed by atoms with E-state index in [1.54, 1.807) is 0 Å². The quantitative estimate of drug-likeness (QED) is 0.827. The number of rotatable bonds is 4. The van der Waals surface area contributed by atoms with Gasteiger partial charge in [0.05, 0.1) is 26.3 Å². The van der Waals surface area contributed by atoms with E-state index in [0.29, 0.717) is 12.1 Å². The van der Waals surface area contributed by atoms with Gasteiger partial charge in [0.25, 0.3) is 5.91 Å². The maximum absolute atomic E-state index is 11.9. The molecule has 0 atom stereocenters. The van der Waals surface area contributed by atoms with E-state index in [1.807, 2.05) is 24.3 Å². The predicted molar refractivity (Wildman–Crippen MR) is 72.9 cm³/mol. The number of quaternary nitrogens is 1. The van der Waals surface area contributed by atoms with E-state index in [4.69, 9.17) is 4.74 Å². The Morgan fingerprint density at radius 1 is 1.39 bits per heavy atom. The van der Waals surface area contributed by atoms with Gasteiger partial charge in [-0.25, -0.2) is 0 Å². The molecule has 0 aliphatic carbocycles. The second-order valence-corrected chi connectivity index (χ2v) is 5.29. The molecule has 0 unspecified atom stereocenters. The average molecular weight is 314 g/mol. The Morgan fingerprint density at radius 2 is 2.17 bits per heavy atom. The maximum Gasteiger partial charge on any atom is 0.251 e. The number of morpholine rings is 1. The minimum atomic E-state index is -0.0102. The first-order chi connectivity index (χ1) is 8.75. The van der Waals surface area contributed by atoms with Crippen LogP contribution in [0.1, 0.15) is 10.4 Å². The third-order valence-corrected chi connectivity index (χ3v) is 3.54. The van der Waals surface area contributed by atoms with Gasteiger partial charge in [-0.1, -0.05) is 22.0 Å². The Bertz CT molecular complexity index is 406. The van der Waals surface area contributed by atoms with Crippen molar-refractivity contribution in [3.8, 4) is 0 Å².